The molecule has 2 aromatic heterocycles. The number of benzene rings is 1. The lowest BCUT2D eigenvalue weighted by atomic mass is 10.1. The highest BCUT2D eigenvalue weighted by Crippen LogP contribution is 2.29. The maximum Gasteiger partial charge on any atom is 0.270 e. The summed E-state index contributed by atoms with van der Waals surface area (Å²) in [5.74, 6) is -2.11. The second kappa shape index (κ2) is 4.37. The minimum Gasteiger partial charge on any atom is -0.326 e. The number of aromatic nitrogens is 3. The minimum atomic E-state index is -2.83. The molecule has 0 saturated heterocycles. The van der Waals surface area contributed by atoms with Crippen molar-refractivity contribution in [3.05, 3.63) is 48.2 Å². The molecule has 1 aromatic carbocycles. The third kappa shape index (κ3) is 2.05. The molecule has 0 aliphatic carbocycles. The minimum absolute atomic E-state index is 0.00172. The van der Waals surface area contributed by atoms with Gasteiger partial charge in [0, 0.05) is 31.3 Å². The summed E-state index contributed by atoms with van der Waals surface area (Å²) in [6, 6.07) is 9.95. The standard InChI is InChI=1S/C15H13F2N3/c1-15(16,17)11-7-5-10(6-8-11)14-19-13-12(20(14)2)4-3-9-18-13/h3-9H,1-2H3. The molecule has 0 bridgehead atoms. The number of alkyl halides is 2. The molecule has 0 aliphatic heterocycles. The molecule has 5 heteroatoms. The quantitative estimate of drug-likeness (QED) is 0.712. The maximum absolute atomic E-state index is 13.2. The predicted molar refractivity (Wildman–Crippen MR) is 73.5 cm³/mol. The van der Waals surface area contributed by atoms with Crippen LogP contribution in [0.4, 0.5) is 8.78 Å². The molecule has 0 saturated carbocycles. The molecule has 0 atom stereocenters. The average Bonchev–Trinajstić information content (AvgIpc) is 2.76. The molecule has 2 heterocycles. The van der Waals surface area contributed by atoms with Gasteiger partial charge in [0.15, 0.2) is 5.65 Å². The SMILES string of the molecule is Cn1c(-c2ccc(C(C)(F)F)cc2)nc2ncccc21. The first-order chi connectivity index (χ1) is 9.47. The Kier molecular flexibility index (Phi) is 2.78. The van der Waals surface area contributed by atoms with Crippen LogP contribution in [0.25, 0.3) is 22.6 Å². The van der Waals surface area contributed by atoms with Crippen LogP contribution in [0.3, 0.4) is 0 Å². The van der Waals surface area contributed by atoms with Gasteiger partial charge in [-0.1, -0.05) is 24.3 Å². The smallest absolute Gasteiger partial charge is 0.270 e. The number of fused-ring (bicyclic) bond motifs is 1. The molecular formula is C15H13F2N3. The maximum atomic E-state index is 13.2. The van der Waals surface area contributed by atoms with Gasteiger partial charge in [-0.15, -0.1) is 0 Å². The summed E-state index contributed by atoms with van der Waals surface area (Å²) >= 11 is 0. The number of pyridine rings is 1. The van der Waals surface area contributed by atoms with Crippen molar-refractivity contribution in [1.29, 1.82) is 0 Å². The van der Waals surface area contributed by atoms with Crippen molar-refractivity contribution in [3.8, 4) is 11.4 Å². The first-order valence-electron chi connectivity index (χ1n) is 6.23. The Morgan fingerprint density at radius 2 is 1.80 bits per heavy atom. The molecule has 3 aromatic rings. The molecule has 0 spiro atoms. The van der Waals surface area contributed by atoms with Gasteiger partial charge in [0.2, 0.25) is 0 Å². The van der Waals surface area contributed by atoms with Gasteiger partial charge in [0.1, 0.15) is 5.82 Å². The Balaban J connectivity index is 2.09. The summed E-state index contributed by atoms with van der Waals surface area (Å²) in [6.45, 7) is 0.890. The summed E-state index contributed by atoms with van der Waals surface area (Å²) in [5, 5.41) is 0. The second-order valence-corrected chi connectivity index (χ2v) is 4.81. The molecule has 102 valence electrons. The highest BCUT2D eigenvalue weighted by molar-refractivity contribution is 5.76. The van der Waals surface area contributed by atoms with E-state index in [-0.39, 0.29) is 5.56 Å². The van der Waals surface area contributed by atoms with Crippen LogP contribution in [0.2, 0.25) is 0 Å². The van der Waals surface area contributed by atoms with Gasteiger partial charge in [0.25, 0.3) is 5.92 Å². The van der Waals surface area contributed by atoms with Crippen molar-refractivity contribution >= 4 is 11.2 Å². The van der Waals surface area contributed by atoms with E-state index in [9.17, 15) is 8.78 Å². The molecule has 3 rings (SSSR count). The second-order valence-electron chi connectivity index (χ2n) is 4.81. The lowest BCUT2D eigenvalue weighted by Crippen LogP contribution is -2.06. The zero-order valence-electron chi connectivity index (χ0n) is 11.1. The lowest BCUT2D eigenvalue weighted by molar-refractivity contribution is 0.0175. The monoisotopic (exact) mass is 273 g/mol. The fourth-order valence-electron chi connectivity index (χ4n) is 2.20. The van der Waals surface area contributed by atoms with Gasteiger partial charge < -0.3 is 4.57 Å². The normalized spacial score (nSPS) is 12.0. The number of halogens is 2. The van der Waals surface area contributed by atoms with Gasteiger partial charge >= 0.3 is 0 Å². The van der Waals surface area contributed by atoms with E-state index in [1.807, 2.05) is 23.7 Å². The Labute approximate surface area is 114 Å². The Hall–Kier alpha value is -2.30. The van der Waals surface area contributed by atoms with E-state index >= 15 is 0 Å². The molecule has 0 fully saturated rings. The largest absolute Gasteiger partial charge is 0.326 e. The van der Waals surface area contributed by atoms with Gasteiger partial charge in [-0.3, -0.25) is 0 Å². The van der Waals surface area contributed by atoms with Crippen LogP contribution in [0.1, 0.15) is 12.5 Å². The van der Waals surface area contributed by atoms with Gasteiger partial charge in [0.05, 0.1) is 5.52 Å². The Morgan fingerprint density at radius 3 is 2.40 bits per heavy atom. The molecule has 0 aliphatic rings. The van der Waals surface area contributed by atoms with Crippen molar-refractivity contribution in [2.24, 2.45) is 7.05 Å². The molecule has 0 radical (unpaired) electrons. The highest BCUT2D eigenvalue weighted by Gasteiger charge is 2.24. The number of nitrogens with zero attached hydrogens (tertiary/aromatic N) is 3. The number of rotatable bonds is 2. The van der Waals surface area contributed by atoms with E-state index in [0.29, 0.717) is 11.5 Å². The van der Waals surface area contributed by atoms with E-state index in [1.54, 1.807) is 18.3 Å². The van der Waals surface area contributed by atoms with Crippen molar-refractivity contribution in [2.45, 2.75) is 12.8 Å². The molecular weight excluding hydrogens is 260 g/mol. The molecule has 0 N–H and O–H groups in total. The van der Waals surface area contributed by atoms with Crippen molar-refractivity contribution in [2.75, 3.05) is 0 Å². The third-order valence-corrected chi connectivity index (χ3v) is 3.31. The fraction of sp³-hybridized carbons (Fsp3) is 0.200. The summed E-state index contributed by atoms with van der Waals surface area (Å²) in [6.07, 6.45) is 1.68. The zero-order chi connectivity index (χ0) is 14.3. The number of hydrogen-bond donors (Lipinski definition) is 0. The first kappa shape index (κ1) is 12.7. The lowest BCUT2D eigenvalue weighted by Gasteiger charge is -2.10. The van der Waals surface area contributed by atoms with Gasteiger partial charge in [-0.2, -0.15) is 0 Å². The molecule has 3 nitrogen and oxygen atoms in total. The summed E-state index contributed by atoms with van der Waals surface area (Å²) in [5.41, 5.74) is 2.35. The van der Waals surface area contributed by atoms with E-state index in [4.69, 9.17) is 0 Å². The van der Waals surface area contributed by atoms with Crippen molar-refractivity contribution in [1.82, 2.24) is 14.5 Å². The highest BCUT2D eigenvalue weighted by atomic mass is 19.3. The molecule has 20 heavy (non-hydrogen) atoms. The van der Waals surface area contributed by atoms with E-state index < -0.39 is 5.92 Å². The van der Waals surface area contributed by atoms with Crippen LogP contribution >= 0.6 is 0 Å². The zero-order valence-corrected chi connectivity index (χ0v) is 11.1. The summed E-state index contributed by atoms with van der Waals surface area (Å²) in [4.78, 5) is 8.63. The number of hydrogen-bond acceptors (Lipinski definition) is 2. The Morgan fingerprint density at radius 1 is 1.10 bits per heavy atom. The van der Waals surface area contributed by atoms with E-state index in [1.165, 1.54) is 12.1 Å². The predicted octanol–water partition coefficient (Wildman–Crippen LogP) is 3.75. The summed E-state index contributed by atoms with van der Waals surface area (Å²) in [7, 11) is 1.88. The summed E-state index contributed by atoms with van der Waals surface area (Å²) < 4.78 is 28.3. The van der Waals surface area contributed by atoms with E-state index in [2.05, 4.69) is 9.97 Å². The first-order valence-corrected chi connectivity index (χ1v) is 6.23. The van der Waals surface area contributed by atoms with Crippen LogP contribution in [0, 0.1) is 0 Å². The van der Waals surface area contributed by atoms with E-state index in [0.717, 1.165) is 18.0 Å². The number of aryl methyl sites for hydroxylation is 1. The third-order valence-electron chi connectivity index (χ3n) is 3.31. The molecule has 0 unspecified atom stereocenters. The van der Waals surface area contributed by atoms with Crippen LogP contribution in [0.15, 0.2) is 42.6 Å². The van der Waals surface area contributed by atoms with Gasteiger partial charge in [-0.25, -0.2) is 18.7 Å². The van der Waals surface area contributed by atoms with Crippen LogP contribution in [-0.4, -0.2) is 14.5 Å². The fourth-order valence-corrected chi connectivity index (χ4v) is 2.20. The average molecular weight is 273 g/mol. The topological polar surface area (TPSA) is 30.7 Å². The van der Waals surface area contributed by atoms with Crippen molar-refractivity contribution < 1.29 is 8.78 Å². The van der Waals surface area contributed by atoms with Crippen molar-refractivity contribution in [3.63, 3.8) is 0 Å². The number of imidazole rings is 1. The van der Waals surface area contributed by atoms with Crippen LogP contribution in [-0.2, 0) is 13.0 Å². The molecule has 0 amide bonds. The Bertz CT molecular complexity index is 755. The van der Waals surface area contributed by atoms with Gasteiger partial charge in [-0.05, 0) is 12.1 Å². The van der Waals surface area contributed by atoms with Crippen LogP contribution in [0.5, 0.6) is 0 Å². The van der Waals surface area contributed by atoms with Crippen LogP contribution < -0.4 is 0 Å².